The van der Waals surface area contributed by atoms with Crippen LogP contribution in [-0.4, -0.2) is 15.8 Å². The topological polar surface area (TPSA) is 42.9 Å². The average Bonchev–Trinajstić information content (AvgIpc) is 2.53. The number of allylic oxidation sites excluding steroid dienone is 2. The summed E-state index contributed by atoms with van der Waals surface area (Å²) in [5, 5.41) is 0.850. The maximum atomic E-state index is 10.9. The molecule has 0 amide bonds. The highest BCUT2D eigenvalue weighted by Gasteiger charge is 2.13. The van der Waals surface area contributed by atoms with E-state index in [2.05, 4.69) is 9.97 Å². The fourth-order valence-electron chi connectivity index (χ4n) is 1.12. The first-order chi connectivity index (χ1) is 6.34. The van der Waals surface area contributed by atoms with Crippen molar-refractivity contribution >= 4 is 17.5 Å². The van der Waals surface area contributed by atoms with E-state index in [1.807, 2.05) is 0 Å². The van der Waals surface area contributed by atoms with Crippen LogP contribution in [0.5, 0.6) is 0 Å². The van der Waals surface area contributed by atoms with Gasteiger partial charge in [0.05, 0.1) is 6.20 Å². The lowest BCUT2D eigenvalue weighted by molar-refractivity contribution is -0.114. The van der Waals surface area contributed by atoms with Crippen molar-refractivity contribution in [2.45, 2.75) is 17.9 Å². The van der Waals surface area contributed by atoms with Crippen molar-refractivity contribution in [2.24, 2.45) is 0 Å². The molecule has 0 aromatic carbocycles. The molecule has 1 aliphatic rings. The van der Waals surface area contributed by atoms with Crippen LogP contribution < -0.4 is 0 Å². The summed E-state index contributed by atoms with van der Waals surface area (Å²) in [7, 11) is 0. The number of rotatable bonds is 2. The average molecular weight is 192 g/mol. The van der Waals surface area contributed by atoms with Gasteiger partial charge < -0.3 is 0 Å². The van der Waals surface area contributed by atoms with E-state index < -0.39 is 0 Å². The summed E-state index contributed by atoms with van der Waals surface area (Å²) < 4.78 is 0. The van der Waals surface area contributed by atoms with E-state index >= 15 is 0 Å². The fourth-order valence-corrected chi connectivity index (χ4v) is 2.01. The van der Waals surface area contributed by atoms with Gasteiger partial charge in [-0.2, -0.15) is 0 Å². The molecule has 0 bridgehead atoms. The van der Waals surface area contributed by atoms with Gasteiger partial charge in [0, 0.05) is 18.8 Å². The summed E-state index contributed by atoms with van der Waals surface area (Å²) in [5.41, 5.74) is 0. The molecule has 1 aliphatic carbocycles. The minimum Gasteiger partial charge on any atom is -0.295 e. The Kier molecular flexibility index (Phi) is 2.40. The van der Waals surface area contributed by atoms with Crippen molar-refractivity contribution in [2.75, 3.05) is 0 Å². The highest BCUT2D eigenvalue weighted by molar-refractivity contribution is 8.03. The lowest BCUT2D eigenvalue weighted by Crippen LogP contribution is -1.80. The van der Waals surface area contributed by atoms with Crippen LogP contribution in [0.15, 0.2) is 34.6 Å². The highest BCUT2D eigenvalue weighted by atomic mass is 32.2. The van der Waals surface area contributed by atoms with Crippen molar-refractivity contribution in [3.63, 3.8) is 0 Å². The molecule has 0 saturated carbocycles. The molecule has 1 heterocycles. The first kappa shape index (κ1) is 8.44. The normalized spacial score (nSPS) is 16.0. The van der Waals surface area contributed by atoms with Gasteiger partial charge in [-0.15, -0.1) is 0 Å². The second-order valence-electron chi connectivity index (χ2n) is 2.72. The molecular weight excluding hydrogens is 184 g/mol. The van der Waals surface area contributed by atoms with E-state index in [9.17, 15) is 4.79 Å². The quantitative estimate of drug-likeness (QED) is 0.716. The summed E-state index contributed by atoms with van der Waals surface area (Å²) in [4.78, 5) is 20.1. The van der Waals surface area contributed by atoms with Crippen LogP contribution in [-0.2, 0) is 4.79 Å². The summed E-state index contributed by atoms with van der Waals surface area (Å²) in [6.07, 6.45) is 8.17. The third-order valence-electron chi connectivity index (χ3n) is 1.71. The molecule has 3 nitrogen and oxygen atoms in total. The van der Waals surface area contributed by atoms with Crippen LogP contribution in [0.25, 0.3) is 0 Å². The van der Waals surface area contributed by atoms with Crippen molar-refractivity contribution in [1.82, 2.24) is 9.97 Å². The van der Waals surface area contributed by atoms with Gasteiger partial charge >= 0.3 is 0 Å². The molecule has 13 heavy (non-hydrogen) atoms. The van der Waals surface area contributed by atoms with Crippen LogP contribution in [0.4, 0.5) is 0 Å². The molecule has 0 aliphatic heterocycles. The zero-order valence-corrected chi connectivity index (χ0v) is 7.75. The van der Waals surface area contributed by atoms with E-state index in [1.165, 1.54) is 11.8 Å². The molecule has 4 heteroatoms. The van der Waals surface area contributed by atoms with E-state index in [1.54, 1.807) is 24.7 Å². The lowest BCUT2D eigenvalue weighted by Gasteiger charge is -1.97. The Labute approximate surface area is 80.3 Å². The van der Waals surface area contributed by atoms with Gasteiger partial charge in [0.25, 0.3) is 0 Å². The molecule has 66 valence electrons. The van der Waals surface area contributed by atoms with Crippen LogP contribution >= 0.6 is 11.8 Å². The first-order valence-electron chi connectivity index (χ1n) is 4.02. The monoisotopic (exact) mass is 192 g/mol. The smallest absolute Gasteiger partial charge is 0.156 e. The lowest BCUT2D eigenvalue weighted by atomic mass is 10.3. The Morgan fingerprint density at radius 2 is 2.23 bits per heavy atom. The molecule has 1 aromatic rings. The van der Waals surface area contributed by atoms with Crippen molar-refractivity contribution in [3.05, 3.63) is 29.6 Å². The van der Waals surface area contributed by atoms with Crippen LogP contribution in [0.1, 0.15) is 12.8 Å². The molecule has 0 saturated heterocycles. The Morgan fingerprint density at radius 3 is 2.85 bits per heavy atom. The molecular formula is C9H8N2OS. The summed E-state index contributed by atoms with van der Waals surface area (Å²) in [6, 6.07) is 0. The molecule has 0 fully saturated rings. The predicted molar refractivity (Wildman–Crippen MR) is 50.2 cm³/mol. The number of ketones is 1. The Balaban J connectivity index is 2.07. The van der Waals surface area contributed by atoms with Gasteiger partial charge in [-0.3, -0.25) is 9.78 Å². The number of thioether (sulfide) groups is 1. The fraction of sp³-hybridized carbons (Fsp3) is 0.222. The van der Waals surface area contributed by atoms with E-state index in [0.29, 0.717) is 6.42 Å². The van der Waals surface area contributed by atoms with Gasteiger partial charge in [0.2, 0.25) is 0 Å². The van der Waals surface area contributed by atoms with Crippen molar-refractivity contribution < 1.29 is 4.79 Å². The number of hydrogen-bond acceptors (Lipinski definition) is 4. The number of carbonyl (C=O) groups is 1. The van der Waals surface area contributed by atoms with Gasteiger partial charge in [-0.05, 0) is 17.4 Å². The Hall–Kier alpha value is -1.16. The second kappa shape index (κ2) is 3.70. The number of carbonyl (C=O) groups excluding carboxylic acids is 1. The third-order valence-corrected chi connectivity index (χ3v) is 2.72. The zero-order valence-electron chi connectivity index (χ0n) is 6.93. The zero-order chi connectivity index (χ0) is 9.10. The largest absolute Gasteiger partial charge is 0.295 e. The maximum absolute atomic E-state index is 10.9. The number of aromatic nitrogens is 2. The molecule has 0 unspecified atom stereocenters. The SMILES string of the molecule is O=C1C=C(Sc2cnccn2)CC1. The van der Waals surface area contributed by atoms with Crippen LogP contribution in [0.2, 0.25) is 0 Å². The Bertz CT molecular complexity index is 348. The third kappa shape index (κ3) is 2.15. The maximum Gasteiger partial charge on any atom is 0.156 e. The molecule has 0 N–H and O–H groups in total. The van der Waals surface area contributed by atoms with Gasteiger partial charge in [-0.1, -0.05) is 11.8 Å². The van der Waals surface area contributed by atoms with Gasteiger partial charge in [0.15, 0.2) is 5.78 Å². The van der Waals surface area contributed by atoms with Crippen LogP contribution in [0.3, 0.4) is 0 Å². The van der Waals surface area contributed by atoms with Crippen molar-refractivity contribution in [3.8, 4) is 0 Å². The second-order valence-corrected chi connectivity index (χ2v) is 3.87. The molecule has 1 aromatic heterocycles. The predicted octanol–water partition coefficient (Wildman–Crippen LogP) is 1.82. The van der Waals surface area contributed by atoms with E-state index in [0.717, 1.165) is 16.4 Å². The number of nitrogens with zero attached hydrogens (tertiary/aromatic N) is 2. The summed E-state index contributed by atoms with van der Waals surface area (Å²) in [5.74, 6) is 0.214. The van der Waals surface area contributed by atoms with Crippen molar-refractivity contribution in [1.29, 1.82) is 0 Å². The molecule has 0 atom stereocenters. The minimum absolute atomic E-state index is 0.214. The molecule has 0 spiro atoms. The minimum atomic E-state index is 0.214. The number of hydrogen-bond donors (Lipinski definition) is 0. The summed E-state index contributed by atoms with van der Waals surface area (Å²) >= 11 is 1.52. The van der Waals surface area contributed by atoms with E-state index in [4.69, 9.17) is 0 Å². The van der Waals surface area contributed by atoms with Gasteiger partial charge in [-0.25, -0.2) is 4.98 Å². The molecule has 0 radical (unpaired) electrons. The van der Waals surface area contributed by atoms with Gasteiger partial charge in [0.1, 0.15) is 5.03 Å². The van der Waals surface area contributed by atoms with Crippen LogP contribution in [0, 0.1) is 0 Å². The molecule has 2 rings (SSSR count). The summed E-state index contributed by atoms with van der Waals surface area (Å²) in [6.45, 7) is 0. The highest BCUT2D eigenvalue weighted by Crippen LogP contribution is 2.31. The first-order valence-corrected chi connectivity index (χ1v) is 4.83. The standard InChI is InChI=1S/C9H8N2OS/c12-7-1-2-8(5-7)13-9-6-10-3-4-11-9/h3-6H,1-2H2. The Morgan fingerprint density at radius 1 is 1.31 bits per heavy atom. The van der Waals surface area contributed by atoms with E-state index in [-0.39, 0.29) is 5.78 Å².